The van der Waals surface area contributed by atoms with Crippen molar-refractivity contribution in [1.29, 1.82) is 0 Å². The summed E-state index contributed by atoms with van der Waals surface area (Å²) >= 11 is 1.30. The normalized spacial score (nSPS) is 14.7. The van der Waals surface area contributed by atoms with E-state index in [4.69, 9.17) is 0 Å². The van der Waals surface area contributed by atoms with E-state index in [1.54, 1.807) is 5.51 Å². The fraction of sp³-hybridized carbons (Fsp3) is 0.417. The number of carbonyl (C=O) groups excluding carboxylic acids is 2. The molecule has 0 aliphatic carbocycles. The zero-order chi connectivity index (χ0) is 22.8. The Hall–Kier alpha value is -3.00. The van der Waals surface area contributed by atoms with E-state index in [0.29, 0.717) is 37.0 Å². The Morgan fingerprint density at radius 3 is 2.56 bits per heavy atom. The Bertz CT molecular complexity index is 1110. The number of amides is 2. The standard InChI is InChI=1S/C24H29N5O2S/c1-15(2)19-6-5-7-20(13-19)29-16(3)12-21(17(29)4)23(31)28-10-8-18(9-11-28)22(30)26-24-27-25-14-32-24/h5-7,12-15,18H,8-11H2,1-4H3,(H,26,27,30). The number of aryl methyl sites for hydroxylation is 1. The zero-order valence-corrected chi connectivity index (χ0v) is 19.8. The van der Waals surface area contributed by atoms with Crippen LogP contribution in [0.25, 0.3) is 5.69 Å². The van der Waals surface area contributed by atoms with Crippen molar-refractivity contribution in [3.8, 4) is 5.69 Å². The lowest BCUT2D eigenvalue weighted by Gasteiger charge is -2.31. The third-order valence-electron chi connectivity index (χ3n) is 6.20. The van der Waals surface area contributed by atoms with Gasteiger partial charge in [0.2, 0.25) is 11.0 Å². The van der Waals surface area contributed by atoms with Gasteiger partial charge in [0.05, 0.1) is 5.56 Å². The molecule has 0 atom stereocenters. The van der Waals surface area contributed by atoms with E-state index in [9.17, 15) is 9.59 Å². The number of piperidine rings is 1. The molecule has 1 N–H and O–H groups in total. The molecule has 8 heteroatoms. The minimum atomic E-state index is -0.117. The van der Waals surface area contributed by atoms with Crippen molar-refractivity contribution in [3.05, 3.63) is 58.4 Å². The van der Waals surface area contributed by atoms with Crippen molar-refractivity contribution in [3.63, 3.8) is 0 Å². The Balaban J connectivity index is 1.46. The van der Waals surface area contributed by atoms with Gasteiger partial charge >= 0.3 is 0 Å². The van der Waals surface area contributed by atoms with Crippen LogP contribution < -0.4 is 5.32 Å². The molecule has 3 heterocycles. The molecule has 1 aliphatic heterocycles. The number of likely N-dealkylation sites (tertiary alicyclic amines) is 1. The molecule has 0 unspecified atom stereocenters. The maximum Gasteiger partial charge on any atom is 0.255 e. The first-order chi connectivity index (χ1) is 15.3. The maximum absolute atomic E-state index is 13.3. The number of rotatable bonds is 5. The van der Waals surface area contributed by atoms with Gasteiger partial charge in [0.15, 0.2) is 0 Å². The molecule has 2 aromatic heterocycles. The molecule has 0 radical (unpaired) electrons. The molecule has 1 fully saturated rings. The van der Waals surface area contributed by atoms with E-state index in [1.807, 2.05) is 24.8 Å². The highest BCUT2D eigenvalue weighted by atomic mass is 32.1. The molecular formula is C24H29N5O2S. The Kier molecular flexibility index (Phi) is 6.41. The Labute approximate surface area is 192 Å². The second kappa shape index (κ2) is 9.24. The molecule has 3 aromatic rings. The predicted molar refractivity (Wildman–Crippen MR) is 126 cm³/mol. The van der Waals surface area contributed by atoms with E-state index in [1.165, 1.54) is 16.9 Å². The first-order valence-electron chi connectivity index (χ1n) is 11.0. The average Bonchev–Trinajstić information content (AvgIpc) is 3.40. The third kappa shape index (κ3) is 4.46. The fourth-order valence-corrected chi connectivity index (χ4v) is 4.80. The zero-order valence-electron chi connectivity index (χ0n) is 19.0. The van der Waals surface area contributed by atoms with E-state index in [2.05, 4.69) is 58.2 Å². The molecule has 4 rings (SSSR count). The molecule has 1 aromatic carbocycles. The van der Waals surface area contributed by atoms with Crippen molar-refractivity contribution in [2.75, 3.05) is 18.4 Å². The van der Waals surface area contributed by atoms with Gasteiger partial charge in [-0.2, -0.15) is 0 Å². The minimum absolute atomic E-state index is 0.0346. The van der Waals surface area contributed by atoms with Crippen LogP contribution in [0, 0.1) is 19.8 Å². The van der Waals surface area contributed by atoms with Crippen LogP contribution in [0.2, 0.25) is 0 Å². The number of carbonyl (C=O) groups is 2. The summed E-state index contributed by atoms with van der Waals surface area (Å²) in [6.45, 7) is 9.54. The molecule has 0 bridgehead atoms. The topological polar surface area (TPSA) is 80.1 Å². The molecule has 2 amide bonds. The summed E-state index contributed by atoms with van der Waals surface area (Å²) in [5.74, 6) is 0.316. The summed E-state index contributed by atoms with van der Waals surface area (Å²) in [4.78, 5) is 27.7. The number of nitrogens with one attached hydrogen (secondary N) is 1. The van der Waals surface area contributed by atoms with Crippen molar-refractivity contribution < 1.29 is 9.59 Å². The van der Waals surface area contributed by atoms with Crippen LogP contribution in [0.1, 0.15) is 59.9 Å². The quantitative estimate of drug-likeness (QED) is 0.617. The van der Waals surface area contributed by atoms with Gasteiger partial charge in [0, 0.05) is 36.1 Å². The molecule has 32 heavy (non-hydrogen) atoms. The molecule has 0 spiro atoms. The number of hydrogen-bond donors (Lipinski definition) is 1. The van der Waals surface area contributed by atoms with Gasteiger partial charge in [0.25, 0.3) is 5.91 Å². The van der Waals surface area contributed by atoms with Gasteiger partial charge in [-0.3, -0.25) is 9.59 Å². The highest BCUT2D eigenvalue weighted by Gasteiger charge is 2.30. The first kappa shape index (κ1) is 22.2. The van der Waals surface area contributed by atoms with E-state index in [-0.39, 0.29) is 17.7 Å². The smallest absolute Gasteiger partial charge is 0.255 e. The van der Waals surface area contributed by atoms with E-state index in [0.717, 1.165) is 22.6 Å². The van der Waals surface area contributed by atoms with Gasteiger partial charge in [-0.05, 0) is 56.4 Å². The number of anilines is 1. The summed E-state index contributed by atoms with van der Waals surface area (Å²) in [7, 11) is 0. The van der Waals surface area contributed by atoms with Gasteiger partial charge in [-0.25, -0.2) is 0 Å². The summed E-state index contributed by atoms with van der Waals surface area (Å²) in [6.07, 6.45) is 1.29. The van der Waals surface area contributed by atoms with Crippen LogP contribution in [-0.2, 0) is 4.79 Å². The monoisotopic (exact) mass is 451 g/mol. The van der Waals surface area contributed by atoms with Crippen molar-refractivity contribution in [2.45, 2.75) is 46.5 Å². The molecule has 1 aliphatic rings. The van der Waals surface area contributed by atoms with Crippen LogP contribution in [0.5, 0.6) is 0 Å². The van der Waals surface area contributed by atoms with Gasteiger partial charge in [-0.15, -0.1) is 10.2 Å². The largest absolute Gasteiger partial charge is 0.339 e. The van der Waals surface area contributed by atoms with E-state index < -0.39 is 0 Å². The van der Waals surface area contributed by atoms with E-state index >= 15 is 0 Å². The molecule has 0 saturated carbocycles. The molecular weight excluding hydrogens is 422 g/mol. The van der Waals surface area contributed by atoms with Gasteiger partial charge in [-0.1, -0.05) is 37.3 Å². The lowest BCUT2D eigenvalue weighted by Crippen LogP contribution is -2.41. The SMILES string of the molecule is Cc1cc(C(=O)N2CCC(C(=O)Nc3nncs3)CC2)c(C)n1-c1cccc(C(C)C)c1. The van der Waals surface area contributed by atoms with Crippen LogP contribution in [0.15, 0.2) is 35.8 Å². The van der Waals surface area contributed by atoms with Crippen molar-refractivity contribution >= 4 is 28.3 Å². The lowest BCUT2D eigenvalue weighted by molar-refractivity contribution is -0.121. The second-order valence-electron chi connectivity index (χ2n) is 8.67. The minimum Gasteiger partial charge on any atom is -0.339 e. The Morgan fingerprint density at radius 1 is 1.16 bits per heavy atom. The molecule has 7 nitrogen and oxygen atoms in total. The van der Waals surface area contributed by atoms with Crippen LogP contribution in [-0.4, -0.2) is 44.6 Å². The third-order valence-corrected chi connectivity index (χ3v) is 6.81. The van der Waals surface area contributed by atoms with Gasteiger partial charge < -0.3 is 14.8 Å². The lowest BCUT2D eigenvalue weighted by atomic mass is 9.95. The van der Waals surface area contributed by atoms with Crippen molar-refractivity contribution in [1.82, 2.24) is 19.7 Å². The summed E-state index contributed by atoms with van der Waals surface area (Å²) in [5.41, 5.74) is 6.66. The second-order valence-corrected chi connectivity index (χ2v) is 9.50. The summed E-state index contributed by atoms with van der Waals surface area (Å²) in [6, 6.07) is 10.5. The average molecular weight is 452 g/mol. The van der Waals surface area contributed by atoms with Crippen LogP contribution in [0.3, 0.4) is 0 Å². The number of aromatic nitrogens is 3. The summed E-state index contributed by atoms with van der Waals surface area (Å²) in [5, 5.41) is 10.9. The Morgan fingerprint density at radius 2 is 1.91 bits per heavy atom. The highest BCUT2D eigenvalue weighted by Crippen LogP contribution is 2.27. The molecule has 168 valence electrons. The van der Waals surface area contributed by atoms with Crippen LogP contribution >= 0.6 is 11.3 Å². The number of hydrogen-bond acceptors (Lipinski definition) is 5. The first-order valence-corrected chi connectivity index (χ1v) is 11.9. The molecule has 1 saturated heterocycles. The number of nitrogens with zero attached hydrogens (tertiary/aromatic N) is 4. The maximum atomic E-state index is 13.3. The van der Waals surface area contributed by atoms with Crippen LogP contribution in [0.4, 0.5) is 5.13 Å². The summed E-state index contributed by atoms with van der Waals surface area (Å²) < 4.78 is 2.15. The predicted octanol–water partition coefficient (Wildman–Crippen LogP) is 4.56. The van der Waals surface area contributed by atoms with Gasteiger partial charge in [0.1, 0.15) is 5.51 Å². The van der Waals surface area contributed by atoms with Crippen molar-refractivity contribution in [2.24, 2.45) is 5.92 Å². The number of benzene rings is 1. The highest BCUT2D eigenvalue weighted by molar-refractivity contribution is 7.13. The fourth-order valence-electron chi connectivity index (χ4n) is 4.35.